The van der Waals surface area contributed by atoms with Crippen LogP contribution in [0.15, 0.2) is 57.4 Å². The normalized spacial score (nSPS) is 11.3. The van der Waals surface area contributed by atoms with Crippen LogP contribution >= 0.6 is 11.3 Å². The molecule has 0 spiro atoms. The van der Waals surface area contributed by atoms with E-state index in [9.17, 15) is 18.0 Å². The van der Waals surface area contributed by atoms with Crippen LogP contribution in [0.3, 0.4) is 0 Å². The first-order valence-corrected chi connectivity index (χ1v) is 10.0. The number of carbonyl (C=O) groups excluding carboxylic acids is 2. The molecule has 1 aromatic carbocycles. The molecule has 0 bridgehead atoms. The number of carbonyl (C=O) groups is 2. The van der Waals surface area contributed by atoms with Gasteiger partial charge in [-0.05, 0) is 18.2 Å². The predicted molar refractivity (Wildman–Crippen MR) is 96.1 cm³/mol. The molecule has 0 aliphatic carbocycles. The molecule has 1 N–H and O–H groups in total. The van der Waals surface area contributed by atoms with Crippen LogP contribution in [0.2, 0.25) is 0 Å². The maximum absolute atomic E-state index is 12.5. The first-order valence-electron chi connectivity index (χ1n) is 7.49. The SMILES string of the molecule is CC(=O)c1csc(NC(=O)c2occc2CS(=O)(=O)c2ccccc2)n1. The fraction of sp³-hybridized carbons (Fsp3) is 0.118. The number of furan rings is 1. The quantitative estimate of drug-likeness (QED) is 0.648. The molecule has 26 heavy (non-hydrogen) atoms. The van der Waals surface area contributed by atoms with Crippen molar-refractivity contribution < 1.29 is 22.4 Å². The summed E-state index contributed by atoms with van der Waals surface area (Å²) in [4.78, 5) is 27.8. The Kier molecular flexibility index (Phi) is 5.01. The van der Waals surface area contributed by atoms with Gasteiger partial charge in [-0.1, -0.05) is 18.2 Å². The zero-order valence-electron chi connectivity index (χ0n) is 13.6. The van der Waals surface area contributed by atoms with Crippen molar-refractivity contribution in [2.45, 2.75) is 17.6 Å². The van der Waals surface area contributed by atoms with Gasteiger partial charge in [-0.2, -0.15) is 0 Å². The summed E-state index contributed by atoms with van der Waals surface area (Å²) in [5.74, 6) is -1.32. The van der Waals surface area contributed by atoms with Crippen LogP contribution in [0.25, 0.3) is 0 Å². The number of aromatic nitrogens is 1. The number of benzene rings is 1. The van der Waals surface area contributed by atoms with E-state index in [1.165, 1.54) is 36.8 Å². The molecule has 3 aromatic rings. The highest BCUT2D eigenvalue weighted by Gasteiger charge is 2.23. The number of amides is 1. The summed E-state index contributed by atoms with van der Waals surface area (Å²) in [6, 6.07) is 9.41. The van der Waals surface area contributed by atoms with Crippen molar-refractivity contribution in [3.05, 3.63) is 65.1 Å². The molecule has 0 unspecified atom stereocenters. The summed E-state index contributed by atoms with van der Waals surface area (Å²) in [7, 11) is -3.62. The van der Waals surface area contributed by atoms with Gasteiger partial charge in [0, 0.05) is 17.9 Å². The molecule has 134 valence electrons. The van der Waals surface area contributed by atoms with E-state index in [1.54, 1.807) is 18.2 Å². The Balaban J connectivity index is 1.79. The number of thiazole rings is 1. The Morgan fingerprint density at radius 3 is 2.58 bits per heavy atom. The van der Waals surface area contributed by atoms with Crippen LogP contribution in [-0.4, -0.2) is 25.1 Å². The average molecular weight is 390 g/mol. The first-order chi connectivity index (χ1) is 12.4. The molecule has 1 amide bonds. The summed E-state index contributed by atoms with van der Waals surface area (Å²) in [6.45, 7) is 1.37. The lowest BCUT2D eigenvalue weighted by Gasteiger charge is -2.05. The highest BCUT2D eigenvalue weighted by atomic mass is 32.2. The standard InChI is InChI=1S/C17H14N2O5S2/c1-11(20)14-9-25-17(18-14)19-16(21)15-12(7-8-24-15)10-26(22,23)13-5-3-2-4-6-13/h2-9H,10H2,1H3,(H,18,19,21). The lowest BCUT2D eigenvalue weighted by Crippen LogP contribution is -2.14. The molecule has 3 rings (SSSR count). The van der Waals surface area contributed by atoms with Crippen molar-refractivity contribution in [2.75, 3.05) is 5.32 Å². The van der Waals surface area contributed by atoms with Crippen molar-refractivity contribution in [3.63, 3.8) is 0 Å². The maximum atomic E-state index is 12.5. The Morgan fingerprint density at radius 1 is 1.19 bits per heavy atom. The summed E-state index contributed by atoms with van der Waals surface area (Å²) in [5.41, 5.74) is 0.492. The van der Waals surface area contributed by atoms with E-state index < -0.39 is 15.7 Å². The van der Waals surface area contributed by atoms with Gasteiger partial charge < -0.3 is 4.42 Å². The molecular formula is C17H14N2O5S2. The monoisotopic (exact) mass is 390 g/mol. The molecule has 7 nitrogen and oxygen atoms in total. The number of rotatable bonds is 6. The van der Waals surface area contributed by atoms with Crippen LogP contribution in [0.4, 0.5) is 5.13 Å². The van der Waals surface area contributed by atoms with E-state index in [0.29, 0.717) is 0 Å². The van der Waals surface area contributed by atoms with Crippen molar-refractivity contribution >= 4 is 38.0 Å². The number of ketones is 1. The molecule has 9 heteroatoms. The molecule has 2 aromatic heterocycles. The third-order valence-corrected chi connectivity index (χ3v) is 5.93. The van der Waals surface area contributed by atoms with E-state index in [2.05, 4.69) is 10.3 Å². The van der Waals surface area contributed by atoms with Crippen molar-refractivity contribution in [3.8, 4) is 0 Å². The molecule has 0 radical (unpaired) electrons. The van der Waals surface area contributed by atoms with Gasteiger partial charge in [0.15, 0.2) is 26.5 Å². The molecule has 0 aliphatic heterocycles. The van der Waals surface area contributed by atoms with Crippen molar-refractivity contribution in [1.29, 1.82) is 0 Å². The Morgan fingerprint density at radius 2 is 1.92 bits per heavy atom. The van der Waals surface area contributed by atoms with E-state index in [0.717, 1.165) is 11.3 Å². The van der Waals surface area contributed by atoms with Gasteiger partial charge in [-0.3, -0.25) is 14.9 Å². The minimum absolute atomic E-state index is 0.107. The average Bonchev–Trinajstić information content (AvgIpc) is 3.25. The van der Waals surface area contributed by atoms with E-state index in [-0.39, 0.29) is 38.6 Å². The zero-order chi connectivity index (χ0) is 18.7. The minimum atomic E-state index is -3.62. The lowest BCUT2D eigenvalue weighted by atomic mass is 10.3. The second kappa shape index (κ2) is 7.22. The van der Waals surface area contributed by atoms with Crippen molar-refractivity contribution in [1.82, 2.24) is 4.98 Å². The highest BCUT2D eigenvalue weighted by Crippen LogP contribution is 2.22. The number of Topliss-reactive ketones (excluding diaryl/α,β-unsaturated/α-hetero) is 1. The molecule has 0 aliphatic rings. The Bertz CT molecular complexity index is 1050. The van der Waals surface area contributed by atoms with Gasteiger partial charge in [0.2, 0.25) is 0 Å². The predicted octanol–water partition coefficient (Wildman–Crippen LogP) is 3.16. The summed E-state index contributed by atoms with van der Waals surface area (Å²) >= 11 is 1.10. The van der Waals surface area contributed by atoms with Gasteiger partial charge in [0.1, 0.15) is 5.69 Å². The topological polar surface area (TPSA) is 106 Å². The highest BCUT2D eigenvalue weighted by molar-refractivity contribution is 7.90. The molecular weight excluding hydrogens is 376 g/mol. The summed E-state index contributed by atoms with van der Waals surface area (Å²) in [6.07, 6.45) is 1.26. The van der Waals surface area contributed by atoms with E-state index >= 15 is 0 Å². The maximum Gasteiger partial charge on any atom is 0.293 e. The van der Waals surface area contributed by atoms with Gasteiger partial charge in [-0.25, -0.2) is 13.4 Å². The Hall–Kier alpha value is -2.78. The van der Waals surface area contributed by atoms with Gasteiger partial charge in [0.25, 0.3) is 5.91 Å². The number of sulfone groups is 1. The number of hydrogen-bond acceptors (Lipinski definition) is 7. The van der Waals surface area contributed by atoms with Crippen LogP contribution in [0.5, 0.6) is 0 Å². The minimum Gasteiger partial charge on any atom is -0.459 e. The van der Waals surface area contributed by atoms with Gasteiger partial charge in [-0.15, -0.1) is 11.3 Å². The van der Waals surface area contributed by atoms with Crippen LogP contribution < -0.4 is 5.32 Å². The summed E-state index contributed by atoms with van der Waals surface area (Å²) < 4.78 is 30.1. The van der Waals surface area contributed by atoms with Crippen LogP contribution in [-0.2, 0) is 15.6 Å². The molecule has 0 atom stereocenters. The third kappa shape index (κ3) is 3.89. The zero-order valence-corrected chi connectivity index (χ0v) is 15.3. The largest absolute Gasteiger partial charge is 0.459 e. The Labute approximate surface area is 153 Å². The van der Waals surface area contributed by atoms with Crippen molar-refractivity contribution in [2.24, 2.45) is 0 Å². The van der Waals surface area contributed by atoms with Gasteiger partial charge in [0.05, 0.1) is 16.9 Å². The fourth-order valence-electron chi connectivity index (χ4n) is 2.21. The second-order valence-electron chi connectivity index (χ2n) is 5.40. The number of hydrogen-bond donors (Lipinski definition) is 1. The molecule has 0 saturated heterocycles. The molecule has 0 saturated carbocycles. The number of nitrogens with zero attached hydrogens (tertiary/aromatic N) is 1. The van der Waals surface area contributed by atoms with Crippen LogP contribution in [0.1, 0.15) is 33.5 Å². The lowest BCUT2D eigenvalue weighted by molar-refractivity contribution is 0.0989. The number of anilines is 1. The fourth-order valence-corrected chi connectivity index (χ4v) is 4.33. The van der Waals surface area contributed by atoms with E-state index in [1.807, 2.05) is 0 Å². The molecule has 2 heterocycles. The molecule has 0 fully saturated rings. The van der Waals surface area contributed by atoms with E-state index in [4.69, 9.17) is 4.42 Å². The smallest absolute Gasteiger partial charge is 0.293 e. The third-order valence-electron chi connectivity index (χ3n) is 3.49. The van der Waals surface area contributed by atoms with Crippen LogP contribution in [0, 0.1) is 0 Å². The first kappa shape index (κ1) is 18.0. The summed E-state index contributed by atoms with van der Waals surface area (Å²) in [5, 5.41) is 4.27. The second-order valence-corrected chi connectivity index (χ2v) is 8.24. The number of nitrogens with one attached hydrogen (secondary N) is 1. The van der Waals surface area contributed by atoms with Gasteiger partial charge >= 0.3 is 0 Å².